The number of methoxy groups -OCH3 is 1. The second-order valence-corrected chi connectivity index (χ2v) is 5.01. The average molecular weight is 340 g/mol. The standard InChI is InChI=1S/C16H15F3N2O3/c1-24-12-6-10(8-20-9-12)2-5-15(23)21-11-3-4-14(22)13(7-11)16(17,18)19/h3-4,6-9,22H,2,5H2,1H3,(H,21,23). The molecule has 1 aromatic carbocycles. The molecule has 0 atom stereocenters. The van der Waals surface area contributed by atoms with Crippen LogP contribution in [0.4, 0.5) is 18.9 Å². The predicted octanol–water partition coefficient (Wildman–Crippen LogP) is 3.39. The maximum absolute atomic E-state index is 12.7. The van der Waals surface area contributed by atoms with E-state index in [2.05, 4.69) is 10.3 Å². The van der Waals surface area contributed by atoms with E-state index in [1.807, 2.05) is 0 Å². The lowest BCUT2D eigenvalue weighted by molar-refractivity contribution is -0.138. The van der Waals surface area contributed by atoms with Crippen LogP contribution < -0.4 is 10.1 Å². The molecule has 0 saturated carbocycles. The second kappa shape index (κ2) is 7.20. The summed E-state index contributed by atoms with van der Waals surface area (Å²) in [6.45, 7) is 0. The molecule has 128 valence electrons. The molecule has 1 heterocycles. The summed E-state index contributed by atoms with van der Waals surface area (Å²) in [5.41, 5.74) is -0.461. The maximum Gasteiger partial charge on any atom is 0.420 e. The quantitative estimate of drug-likeness (QED) is 0.819. The lowest BCUT2D eigenvalue weighted by atomic mass is 10.1. The van der Waals surface area contributed by atoms with E-state index in [1.54, 1.807) is 12.3 Å². The normalized spacial score (nSPS) is 11.2. The molecular formula is C16H15F3N2O3. The molecule has 0 bridgehead atoms. The third kappa shape index (κ3) is 4.61. The monoisotopic (exact) mass is 340 g/mol. The van der Waals surface area contributed by atoms with Crippen molar-refractivity contribution in [2.24, 2.45) is 0 Å². The summed E-state index contributed by atoms with van der Waals surface area (Å²) in [7, 11) is 1.50. The number of amides is 1. The van der Waals surface area contributed by atoms with Crippen molar-refractivity contribution in [3.63, 3.8) is 0 Å². The van der Waals surface area contributed by atoms with Crippen LogP contribution in [0.1, 0.15) is 17.5 Å². The fourth-order valence-corrected chi connectivity index (χ4v) is 2.03. The number of pyridine rings is 1. The highest BCUT2D eigenvalue weighted by Crippen LogP contribution is 2.37. The fraction of sp³-hybridized carbons (Fsp3) is 0.250. The molecule has 1 amide bonds. The molecule has 0 aliphatic carbocycles. The third-order valence-electron chi connectivity index (χ3n) is 3.23. The van der Waals surface area contributed by atoms with Crippen LogP contribution >= 0.6 is 0 Å². The molecule has 2 N–H and O–H groups in total. The Balaban J connectivity index is 1.99. The lowest BCUT2D eigenvalue weighted by Crippen LogP contribution is -2.13. The van der Waals surface area contributed by atoms with Gasteiger partial charge >= 0.3 is 6.18 Å². The van der Waals surface area contributed by atoms with Crippen molar-refractivity contribution in [3.8, 4) is 11.5 Å². The molecule has 0 saturated heterocycles. The first-order valence-electron chi connectivity index (χ1n) is 6.97. The molecule has 0 unspecified atom stereocenters. The zero-order valence-corrected chi connectivity index (χ0v) is 12.7. The van der Waals surface area contributed by atoms with E-state index in [0.717, 1.165) is 11.6 Å². The van der Waals surface area contributed by atoms with Crippen LogP contribution in [0.15, 0.2) is 36.7 Å². The van der Waals surface area contributed by atoms with Crippen LogP contribution in [-0.2, 0) is 17.4 Å². The molecular weight excluding hydrogens is 325 g/mol. The summed E-state index contributed by atoms with van der Waals surface area (Å²) < 4.78 is 43.2. The Bertz CT molecular complexity index is 733. The minimum atomic E-state index is -4.70. The summed E-state index contributed by atoms with van der Waals surface area (Å²) in [4.78, 5) is 15.8. The maximum atomic E-state index is 12.7. The number of rotatable bonds is 5. The highest BCUT2D eigenvalue weighted by molar-refractivity contribution is 5.91. The van der Waals surface area contributed by atoms with Gasteiger partial charge in [-0.25, -0.2) is 0 Å². The van der Waals surface area contributed by atoms with Crippen molar-refractivity contribution in [2.75, 3.05) is 12.4 Å². The Labute approximate surface area is 136 Å². The van der Waals surface area contributed by atoms with E-state index in [-0.39, 0.29) is 12.1 Å². The molecule has 24 heavy (non-hydrogen) atoms. The number of phenols is 1. The number of phenolic OH excluding ortho intramolecular Hbond substituents is 1. The van der Waals surface area contributed by atoms with Crippen molar-refractivity contribution in [1.82, 2.24) is 4.98 Å². The van der Waals surface area contributed by atoms with Crippen LogP contribution in [0.3, 0.4) is 0 Å². The topological polar surface area (TPSA) is 71.5 Å². The number of aryl methyl sites for hydroxylation is 1. The number of carbonyl (C=O) groups excluding carboxylic acids is 1. The van der Waals surface area contributed by atoms with Gasteiger partial charge in [-0.3, -0.25) is 9.78 Å². The first-order chi connectivity index (χ1) is 11.3. The SMILES string of the molecule is COc1cncc(CCC(=O)Nc2ccc(O)c(C(F)(F)F)c2)c1. The Hall–Kier alpha value is -2.77. The first kappa shape index (κ1) is 17.6. The molecule has 2 aromatic rings. The number of aromatic hydroxyl groups is 1. The zero-order valence-electron chi connectivity index (χ0n) is 12.7. The van der Waals surface area contributed by atoms with E-state index in [0.29, 0.717) is 18.2 Å². The van der Waals surface area contributed by atoms with Crippen LogP contribution in [-0.4, -0.2) is 23.1 Å². The smallest absolute Gasteiger partial charge is 0.420 e. The Morgan fingerprint density at radius 1 is 1.29 bits per heavy atom. The predicted molar refractivity (Wildman–Crippen MR) is 80.8 cm³/mol. The van der Waals surface area contributed by atoms with Crippen LogP contribution in [0.2, 0.25) is 0 Å². The number of nitrogens with one attached hydrogen (secondary N) is 1. The number of nitrogens with zero attached hydrogens (tertiary/aromatic N) is 1. The summed E-state index contributed by atoms with van der Waals surface area (Å²) in [5.74, 6) is -0.777. The van der Waals surface area contributed by atoms with E-state index < -0.39 is 23.4 Å². The molecule has 0 aliphatic heterocycles. The summed E-state index contributed by atoms with van der Waals surface area (Å²) in [5, 5.41) is 11.6. The number of hydrogen-bond acceptors (Lipinski definition) is 4. The highest BCUT2D eigenvalue weighted by Gasteiger charge is 2.34. The minimum absolute atomic E-state index is 0.0334. The van der Waals surface area contributed by atoms with Gasteiger partial charge in [0.25, 0.3) is 0 Å². The van der Waals surface area contributed by atoms with E-state index in [9.17, 15) is 23.1 Å². The van der Waals surface area contributed by atoms with E-state index in [1.165, 1.54) is 19.4 Å². The van der Waals surface area contributed by atoms with Gasteiger partial charge < -0.3 is 15.2 Å². The van der Waals surface area contributed by atoms with Crippen molar-refractivity contribution < 1.29 is 27.8 Å². The van der Waals surface area contributed by atoms with Crippen LogP contribution in [0, 0.1) is 0 Å². The van der Waals surface area contributed by atoms with Gasteiger partial charge in [0, 0.05) is 18.3 Å². The highest BCUT2D eigenvalue weighted by atomic mass is 19.4. The van der Waals surface area contributed by atoms with Gasteiger partial charge in [-0.2, -0.15) is 13.2 Å². The minimum Gasteiger partial charge on any atom is -0.507 e. The fourth-order valence-electron chi connectivity index (χ4n) is 2.03. The molecule has 0 aliphatic rings. The molecule has 5 nitrogen and oxygen atoms in total. The number of hydrogen-bond donors (Lipinski definition) is 2. The Kier molecular flexibility index (Phi) is 5.28. The number of alkyl halides is 3. The Morgan fingerprint density at radius 3 is 2.71 bits per heavy atom. The second-order valence-electron chi connectivity index (χ2n) is 5.01. The molecule has 2 rings (SSSR count). The molecule has 1 aromatic heterocycles. The summed E-state index contributed by atoms with van der Waals surface area (Å²) in [6, 6.07) is 4.52. The number of halogens is 3. The van der Waals surface area contributed by atoms with Crippen LogP contribution in [0.25, 0.3) is 0 Å². The average Bonchev–Trinajstić information content (AvgIpc) is 2.54. The molecule has 0 radical (unpaired) electrons. The van der Waals surface area contributed by atoms with Crippen molar-refractivity contribution in [2.45, 2.75) is 19.0 Å². The molecule has 0 spiro atoms. The number of aromatic nitrogens is 1. The molecule has 0 fully saturated rings. The van der Waals surface area contributed by atoms with Crippen LogP contribution in [0.5, 0.6) is 11.5 Å². The van der Waals surface area contributed by atoms with Crippen molar-refractivity contribution >= 4 is 11.6 Å². The molecule has 8 heteroatoms. The van der Waals surface area contributed by atoms with Gasteiger partial charge in [0.1, 0.15) is 11.5 Å². The van der Waals surface area contributed by atoms with Crippen molar-refractivity contribution in [3.05, 3.63) is 47.8 Å². The largest absolute Gasteiger partial charge is 0.507 e. The van der Waals surface area contributed by atoms with Gasteiger partial charge in [-0.05, 0) is 36.2 Å². The van der Waals surface area contributed by atoms with Gasteiger partial charge in [-0.15, -0.1) is 0 Å². The number of carbonyl (C=O) groups is 1. The lowest BCUT2D eigenvalue weighted by Gasteiger charge is -2.11. The van der Waals surface area contributed by atoms with Gasteiger partial charge in [-0.1, -0.05) is 0 Å². The summed E-state index contributed by atoms with van der Waals surface area (Å²) in [6.07, 6.45) is -1.16. The Morgan fingerprint density at radius 2 is 2.04 bits per heavy atom. The van der Waals surface area contributed by atoms with Gasteiger partial charge in [0.2, 0.25) is 5.91 Å². The van der Waals surface area contributed by atoms with Gasteiger partial charge in [0.05, 0.1) is 18.9 Å². The zero-order chi connectivity index (χ0) is 17.7. The van der Waals surface area contributed by atoms with E-state index >= 15 is 0 Å². The van der Waals surface area contributed by atoms with Crippen molar-refractivity contribution in [1.29, 1.82) is 0 Å². The first-order valence-corrected chi connectivity index (χ1v) is 6.97. The van der Waals surface area contributed by atoms with Gasteiger partial charge in [0.15, 0.2) is 0 Å². The third-order valence-corrected chi connectivity index (χ3v) is 3.23. The number of ether oxygens (including phenoxy) is 1. The summed E-state index contributed by atoms with van der Waals surface area (Å²) >= 11 is 0. The van der Waals surface area contributed by atoms with E-state index in [4.69, 9.17) is 4.74 Å². The number of benzene rings is 1. The number of anilines is 1.